The molecule has 3 N–H and O–H groups in total. The first-order chi connectivity index (χ1) is 11.8. The number of nitrogens with one attached hydrogen (secondary N) is 1. The van der Waals surface area contributed by atoms with Crippen molar-refractivity contribution in [1.29, 1.82) is 0 Å². The van der Waals surface area contributed by atoms with Crippen LogP contribution in [0.3, 0.4) is 0 Å². The quantitative estimate of drug-likeness (QED) is 0.796. The number of fused-ring (bicyclic) bond motifs is 3. The van der Waals surface area contributed by atoms with Crippen LogP contribution in [0.5, 0.6) is 0 Å². The second-order valence-electron chi connectivity index (χ2n) is 6.71. The zero-order valence-electron chi connectivity index (χ0n) is 14.8. The number of benzene rings is 1. The molecule has 1 amide bonds. The molecular weight excluding hydrogens is 376 g/mol. The number of amides is 1. The third-order valence-electron chi connectivity index (χ3n) is 4.51. The highest BCUT2D eigenvalue weighted by molar-refractivity contribution is 7.90. The summed E-state index contributed by atoms with van der Waals surface area (Å²) in [5.41, 5.74) is 8.35. The molecule has 0 saturated carbocycles. The van der Waals surface area contributed by atoms with E-state index in [-0.39, 0.29) is 30.5 Å². The maximum absolute atomic E-state index is 12.1. The van der Waals surface area contributed by atoms with Gasteiger partial charge in [0.1, 0.15) is 15.7 Å². The van der Waals surface area contributed by atoms with E-state index in [1.165, 1.54) is 6.42 Å². The normalized spacial score (nSPS) is 15.6. The predicted molar refractivity (Wildman–Crippen MR) is 105 cm³/mol. The van der Waals surface area contributed by atoms with E-state index in [0.717, 1.165) is 48.9 Å². The molecule has 1 aliphatic heterocycles. The second kappa shape index (κ2) is 8.37. The number of nitrogens with zero attached hydrogens (tertiary/aromatic N) is 2. The predicted octanol–water partition coefficient (Wildman–Crippen LogP) is 1.89. The number of aromatic nitrogens is 2. The van der Waals surface area contributed by atoms with E-state index in [2.05, 4.69) is 9.88 Å². The van der Waals surface area contributed by atoms with Crippen LogP contribution in [0.4, 0.5) is 5.69 Å². The molecule has 0 fully saturated rings. The molecule has 9 heteroatoms. The number of carbonyl (C=O) groups excluding carboxylic acids is 1. The largest absolute Gasteiger partial charge is 0.328 e. The summed E-state index contributed by atoms with van der Waals surface area (Å²) in [6.45, 7) is 0.980. The number of halogens is 1. The first-order valence-electron chi connectivity index (χ1n) is 8.57. The summed E-state index contributed by atoms with van der Waals surface area (Å²) in [7, 11) is -3.13. The van der Waals surface area contributed by atoms with Gasteiger partial charge in [-0.3, -0.25) is 4.79 Å². The highest BCUT2D eigenvalue weighted by atomic mass is 35.5. The van der Waals surface area contributed by atoms with Crippen molar-refractivity contribution in [2.45, 2.75) is 44.7 Å². The summed E-state index contributed by atoms with van der Waals surface area (Å²) in [4.78, 5) is 16.8. The van der Waals surface area contributed by atoms with Crippen LogP contribution in [0, 0.1) is 0 Å². The van der Waals surface area contributed by atoms with Gasteiger partial charge in [0.15, 0.2) is 0 Å². The van der Waals surface area contributed by atoms with E-state index in [1.54, 1.807) is 0 Å². The van der Waals surface area contributed by atoms with Crippen LogP contribution in [-0.4, -0.2) is 41.9 Å². The Hall–Kier alpha value is -1.64. The third kappa shape index (κ3) is 4.96. The minimum absolute atomic E-state index is 0. The molecular formula is C17H25ClN4O3S. The second-order valence-corrected chi connectivity index (χ2v) is 8.97. The van der Waals surface area contributed by atoms with Gasteiger partial charge >= 0.3 is 0 Å². The van der Waals surface area contributed by atoms with Crippen molar-refractivity contribution < 1.29 is 13.2 Å². The number of imidazole rings is 1. The Morgan fingerprint density at radius 3 is 2.85 bits per heavy atom. The number of rotatable bonds is 5. The standard InChI is InChI=1S/C17H24N4O3S.ClH/c1-25(23,24)10-8-13(18)17(22)19-12-6-7-15-14(11-12)20-16-5-3-2-4-9-21(15)16;/h6-7,11,13H,2-5,8-10,18H2,1H3,(H,19,22);1H. The average molecular weight is 401 g/mol. The monoisotopic (exact) mass is 400 g/mol. The molecule has 144 valence electrons. The Kier molecular flexibility index (Phi) is 6.65. The molecule has 2 aromatic rings. The maximum atomic E-state index is 12.1. The molecule has 1 aliphatic rings. The summed E-state index contributed by atoms with van der Waals surface area (Å²) in [5, 5.41) is 2.75. The molecule has 3 rings (SSSR count). The van der Waals surface area contributed by atoms with Crippen LogP contribution in [-0.2, 0) is 27.6 Å². The molecule has 26 heavy (non-hydrogen) atoms. The van der Waals surface area contributed by atoms with Gasteiger partial charge in [0.05, 0.1) is 22.8 Å². The molecule has 0 saturated heterocycles. The summed E-state index contributed by atoms with van der Waals surface area (Å²) >= 11 is 0. The van der Waals surface area contributed by atoms with Crippen LogP contribution >= 0.6 is 12.4 Å². The number of carbonyl (C=O) groups is 1. The van der Waals surface area contributed by atoms with Gasteiger partial charge in [0, 0.05) is 24.9 Å². The molecule has 7 nitrogen and oxygen atoms in total. The van der Waals surface area contributed by atoms with Gasteiger partial charge in [0.25, 0.3) is 0 Å². The highest BCUT2D eigenvalue weighted by Gasteiger charge is 2.18. The summed E-state index contributed by atoms with van der Waals surface area (Å²) in [6.07, 6.45) is 5.76. The van der Waals surface area contributed by atoms with Crippen LogP contribution in [0.2, 0.25) is 0 Å². The fraction of sp³-hybridized carbons (Fsp3) is 0.529. The molecule has 1 unspecified atom stereocenters. The summed E-state index contributed by atoms with van der Waals surface area (Å²) < 4.78 is 24.6. The first-order valence-corrected chi connectivity index (χ1v) is 10.6. The van der Waals surface area contributed by atoms with E-state index >= 15 is 0 Å². The number of sulfone groups is 1. The number of hydrogen-bond acceptors (Lipinski definition) is 5. The zero-order chi connectivity index (χ0) is 18.0. The number of aryl methyl sites for hydroxylation is 2. The maximum Gasteiger partial charge on any atom is 0.241 e. The molecule has 0 bridgehead atoms. The van der Waals surface area contributed by atoms with E-state index in [1.807, 2.05) is 18.2 Å². The number of hydrogen-bond donors (Lipinski definition) is 2. The van der Waals surface area contributed by atoms with Gasteiger partial charge in [-0.1, -0.05) is 6.42 Å². The van der Waals surface area contributed by atoms with E-state index in [9.17, 15) is 13.2 Å². The van der Waals surface area contributed by atoms with Crippen molar-refractivity contribution in [1.82, 2.24) is 9.55 Å². The molecule has 0 radical (unpaired) electrons. The van der Waals surface area contributed by atoms with Crippen LogP contribution in [0.25, 0.3) is 11.0 Å². The lowest BCUT2D eigenvalue weighted by Crippen LogP contribution is -2.37. The number of nitrogens with two attached hydrogens (primary N) is 1. The summed E-state index contributed by atoms with van der Waals surface area (Å²) in [5.74, 6) is 0.610. The van der Waals surface area contributed by atoms with Gasteiger partial charge < -0.3 is 15.6 Å². The Labute approximate surface area is 159 Å². The van der Waals surface area contributed by atoms with Crippen molar-refractivity contribution in [3.8, 4) is 0 Å². The minimum Gasteiger partial charge on any atom is -0.328 e. The van der Waals surface area contributed by atoms with Gasteiger partial charge in [-0.25, -0.2) is 13.4 Å². The van der Waals surface area contributed by atoms with E-state index in [0.29, 0.717) is 5.69 Å². The molecule has 0 spiro atoms. The lowest BCUT2D eigenvalue weighted by molar-refractivity contribution is -0.117. The van der Waals surface area contributed by atoms with Gasteiger partial charge in [-0.05, 0) is 37.5 Å². The van der Waals surface area contributed by atoms with Crippen molar-refractivity contribution in [2.75, 3.05) is 17.3 Å². The Morgan fingerprint density at radius 1 is 1.35 bits per heavy atom. The summed E-state index contributed by atoms with van der Waals surface area (Å²) in [6, 6.07) is 4.79. The molecule has 1 atom stereocenters. The van der Waals surface area contributed by atoms with Crippen LogP contribution in [0.1, 0.15) is 31.5 Å². The minimum atomic E-state index is -3.13. The van der Waals surface area contributed by atoms with Crippen LogP contribution in [0.15, 0.2) is 18.2 Å². The fourth-order valence-electron chi connectivity index (χ4n) is 3.13. The average Bonchev–Trinajstić information content (AvgIpc) is 2.72. The Bertz CT molecular complexity index is 895. The fourth-order valence-corrected chi connectivity index (χ4v) is 3.82. The Morgan fingerprint density at radius 2 is 2.12 bits per heavy atom. The molecule has 0 aliphatic carbocycles. The van der Waals surface area contributed by atoms with Crippen molar-refractivity contribution in [2.24, 2.45) is 5.73 Å². The smallest absolute Gasteiger partial charge is 0.241 e. The zero-order valence-corrected chi connectivity index (χ0v) is 16.4. The lowest BCUT2D eigenvalue weighted by atomic mass is 10.2. The SMILES string of the molecule is CS(=O)(=O)CCC(N)C(=O)Nc1ccc2c(c1)nc1n2CCCCC1.Cl. The highest BCUT2D eigenvalue weighted by Crippen LogP contribution is 2.24. The first kappa shape index (κ1) is 20.7. The number of anilines is 1. The van der Waals surface area contributed by atoms with E-state index < -0.39 is 15.9 Å². The van der Waals surface area contributed by atoms with Crippen molar-refractivity contribution >= 4 is 44.9 Å². The van der Waals surface area contributed by atoms with Gasteiger partial charge in [-0.15, -0.1) is 12.4 Å². The third-order valence-corrected chi connectivity index (χ3v) is 5.49. The molecule has 1 aromatic carbocycles. The topological polar surface area (TPSA) is 107 Å². The molecule has 2 heterocycles. The van der Waals surface area contributed by atoms with Crippen molar-refractivity contribution in [3.63, 3.8) is 0 Å². The van der Waals surface area contributed by atoms with Crippen LogP contribution < -0.4 is 11.1 Å². The lowest BCUT2D eigenvalue weighted by Gasteiger charge is -2.12. The molecule has 1 aromatic heterocycles. The van der Waals surface area contributed by atoms with Gasteiger partial charge in [-0.2, -0.15) is 0 Å². The van der Waals surface area contributed by atoms with E-state index in [4.69, 9.17) is 10.7 Å². The van der Waals surface area contributed by atoms with Gasteiger partial charge in [0.2, 0.25) is 5.91 Å². The van der Waals surface area contributed by atoms with Crippen molar-refractivity contribution in [3.05, 3.63) is 24.0 Å². The Balaban J connectivity index is 0.00000243.